The molecule has 10 heteroatoms. The van der Waals surface area contributed by atoms with Crippen LogP contribution in [0.1, 0.15) is 45.4 Å². The quantitative estimate of drug-likeness (QED) is 0.112. The molecule has 0 aromatic heterocycles. The Kier molecular flexibility index (Phi) is 20.5. The molecule has 0 radical (unpaired) electrons. The van der Waals surface area contributed by atoms with Gasteiger partial charge in [0.15, 0.2) is 0 Å². The molecule has 0 aliphatic carbocycles. The number of hydrogen-bond donors (Lipinski definition) is 4. The topological polar surface area (TPSA) is 143 Å². The third kappa shape index (κ3) is 22.0. The molecular weight excluding hydrogens is 463 g/mol. The minimum atomic E-state index is -4.51. The first-order valence-electron chi connectivity index (χ1n) is 11.3. The number of esters is 1. The summed E-state index contributed by atoms with van der Waals surface area (Å²) >= 11 is 0. The Morgan fingerprint density at radius 1 is 0.765 bits per heavy atom. The van der Waals surface area contributed by atoms with Crippen molar-refractivity contribution in [3.63, 3.8) is 0 Å². The van der Waals surface area contributed by atoms with E-state index in [1.807, 2.05) is 18.2 Å². The molecule has 4 N–H and O–H groups in total. The SMILES string of the molecule is CC/C=C\C/C=C\C/C=C\C/C=C\C/C=C\CC(=O)OCC(O)COP(=O)(O)OCC(O)CO. The average molecular weight is 503 g/mol. The van der Waals surface area contributed by atoms with E-state index in [-0.39, 0.29) is 6.42 Å². The van der Waals surface area contributed by atoms with Gasteiger partial charge in [0.25, 0.3) is 0 Å². The summed E-state index contributed by atoms with van der Waals surface area (Å²) < 4.78 is 25.3. The molecule has 9 nitrogen and oxygen atoms in total. The smallest absolute Gasteiger partial charge is 0.463 e. The Hall–Kier alpha value is -1.84. The van der Waals surface area contributed by atoms with E-state index in [0.717, 1.165) is 25.7 Å². The van der Waals surface area contributed by atoms with Crippen molar-refractivity contribution in [3.05, 3.63) is 60.8 Å². The van der Waals surface area contributed by atoms with E-state index < -0.39 is 52.4 Å². The number of allylic oxidation sites excluding steroid dienone is 9. The Balaban J connectivity index is 3.85. The summed E-state index contributed by atoms with van der Waals surface area (Å²) in [5.74, 6) is -0.560. The highest BCUT2D eigenvalue weighted by Gasteiger charge is 2.24. The van der Waals surface area contributed by atoms with Crippen molar-refractivity contribution in [2.75, 3.05) is 26.4 Å². The Morgan fingerprint density at radius 3 is 1.68 bits per heavy atom. The number of aliphatic hydroxyl groups excluding tert-OH is 3. The standard InChI is InChI=1S/C24H39O9P/c1-2-3-4-5-6-7-8-9-10-11-12-13-14-15-16-17-24(28)31-19-23(27)21-33-34(29,30)32-20-22(26)18-25/h3-4,6-7,9-10,12-13,15-16,22-23,25-27H,2,5,8,11,14,17-21H2,1H3,(H,29,30)/b4-3-,7-6-,10-9-,13-12-,16-15-. The van der Waals surface area contributed by atoms with Crippen LogP contribution in [0.25, 0.3) is 0 Å². The molecule has 0 saturated heterocycles. The molecule has 0 bridgehead atoms. The first-order chi connectivity index (χ1) is 16.3. The highest BCUT2D eigenvalue weighted by atomic mass is 31.2. The fourth-order valence-corrected chi connectivity index (χ4v) is 2.97. The molecule has 3 unspecified atom stereocenters. The lowest BCUT2D eigenvalue weighted by molar-refractivity contribution is -0.146. The first-order valence-corrected chi connectivity index (χ1v) is 12.8. The number of carbonyl (C=O) groups is 1. The van der Waals surface area contributed by atoms with E-state index in [9.17, 15) is 19.4 Å². The highest BCUT2D eigenvalue weighted by Crippen LogP contribution is 2.43. The zero-order valence-electron chi connectivity index (χ0n) is 19.8. The van der Waals surface area contributed by atoms with Crippen LogP contribution >= 0.6 is 7.82 Å². The van der Waals surface area contributed by atoms with Crippen molar-refractivity contribution in [1.29, 1.82) is 0 Å². The molecule has 34 heavy (non-hydrogen) atoms. The van der Waals surface area contributed by atoms with Gasteiger partial charge in [-0.1, -0.05) is 67.7 Å². The second kappa shape index (κ2) is 21.7. The number of phosphoric ester groups is 1. The summed E-state index contributed by atoms with van der Waals surface area (Å²) in [6.07, 6.45) is 22.2. The van der Waals surface area contributed by atoms with Crippen LogP contribution in [-0.4, -0.2) is 64.8 Å². The molecule has 0 aliphatic rings. The predicted molar refractivity (Wildman–Crippen MR) is 131 cm³/mol. The maximum Gasteiger partial charge on any atom is 0.472 e. The van der Waals surface area contributed by atoms with Gasteiger partial charge >= 0.3 is 13.8 Å². The van der Waals surface area contributed by atoms with Crippen molar-refractivity contribution < 1.29 is 43.4 Å². The Bertz CT molecular complexity index is 713. The predicted octanol–water partition coefficient (Wildman–Crippen LogP) is 3.52. The van der Waals surface area contributed by atoms with Crippen LogP contribution in [0.15, 0.2) is 60.8 Å². The summed E-state index contributed by atoms with van der Waals surface area (Å²) in [6.45, 7) is -0.163. The summed E-state index contributed by atoms with van der Waals surface area (Å²) in [7, 11) is -4.51. The van der Waals surface area contributed by atoms with E-state index in [1.54, 1.807) is 6.08 Å². The number of phosphoric acid groups is 1. The summed E-state index contributed by atoms with van der Waals surface area (Å²) in [5, 5.41) is 27.3. The molecule has 194 valence electrons. The van der Waals surface area contributed by atoms with Crippen molar-refractivity contribution in [3.8, 4) is 0 Å². The molecule has 0 heterocycles. The van der Waals surface area contributed by atoms with Crippen LogP contribution in [-0.2, 0) is 23.1 Å². The summed E-state index contributed by atoms with van der Waals surface area (Å²) in [4.78, 5) is 21.0. The monoisotopic (exact) mass is 502 g/mol. The molecule has 3 atom stereocenters. The number of aliphatic hydroxyl groups is 3. The maximum absolute atomic E-state index is 11.7. The first kappa shape index (κ1) is 32.2. The van der Waals surface area contributed by atoms with Gasteiger partial charge in [-0.25, -0.2) is 4.57 Å². The van der Waals surface area contributed by atoms with Gasteiger partial charge in [-0.2, -0.15) is 0 Å². The Morgan fingerprint density at radius 2 is 1.21 bits per heavy atom. The Labute approximate surface area is 202 Å². The molecule has 0 saturated carbocycles. The average Bonchev–Trinajstić information content (AvgIpc) is 2.82. The maximum atomic E-state index is 11.7. The van der Waals surface area contributed by atoms with E-state index in [1.165, 1.54) is 0 Å². The fraction of sp³-hybridized carbons (Fsp3) is 0.542. The van der Waals surface area contributed by atoms with Gasteiger partial charge in [0, 0.05) is 0 Å². The number of rotatable bonds is 20. The van der Waals surface area contributed by atoms with Gasteiger partial charge in [-0.15, -0.1) is 0 Å². The lowest BCUT2D eigenvalue weighted by Gasteiger charge is -2.16. The van der Waals surface area contributed by atoms with E-state index in [4.69, 9.17) is 14.9 Å². The lowest BCUT2D eigenvalue weighted by Crippen LogP contribution is -2.24. The van der Waals surface area contributed by atoms with Gasteiger partial charge in [0.1, 0.15) is 18.8 Å². The zero-order valence-corrected chi connectivity index (χ0v) is 20.7. The third-order valence-corrected chi connectivity index (χ3v) is 4.90. The van der Waals surface area contributed by atoms with Crippen LogP contribution < -0.4 is 0 Å². The van der Waals surface area contributed by atoms with Crippen LogP contribution in [0.4, 0.5) is 0 Å². The normalized spacial score (nSPS) is 16.3. The van der Waals surface area contributed by atoms with Crippen LogP contribution in [0, 0.1) is 0 Å². The summed E-state index contributed by atoms with van der Waals surface area (Å²) in [6, 6.07) is 0. The number of ether oxygens (including phenoxy) is 1. The van der Waals surface area contributed by atoms with Gasteiger partial charge in [-0.3, -0.25) is 13.8 Å². The molecule has 0 aromatic rings. The van der Waals surface area contributed by atoms with E-state index in [2.05, 4.69) is 52.4 Å². The van der Waals surface area contributed by atoms with Gasteiger partial charge in [0.05, 0.1) is 26.2 Å². The molecule has 0 amide bonds. The number of hydrogen-bond acceptors (Lipinski definition) is 8. The lowest BCUT2D eigenvalue weighted by atomic mass is 10.2. The van der Waals surface area contributed by atoms with Gasteiger partial charge in [0.2, 0.25) is 0 Å². The summed E-state index contributed by atoms with van der Waals surface area (Å²) in [5.41, 5.74) is 0. The highest BCUT2D eigenvalue weighted by molar-refractivity contribution is 7.47. The molecule has 0 aliphatic heterocycles. The molecular formula is C24H39O9P. The third-order valence-electron chi connectivity index (χ3n) is 3.95. The minimum Gasteiger partial charge on any atom is -0.463 e. The van der Waals surface area contributed by atoms with Crippen molar-refractivity contribution in [1.82, 2.24) is 0 Å². The van der Waals surface area contributed by atoms with Crippen LogP contribution in [0.3, 0.4) is 0 Å². The van der Waals surface area contributed by atoms with Crippen molar-refractivity contribution in [2.24, 2.45) is 0 Å². The van der Waals surface area contributed by atoms with E-state index >= 15 is 0 Å². The second-order valence-electron chi connectivity index (χ2n) is 7.15. The van der Waals surface area contributed by atoms with Gasteiger partial charge in [-0.05, 0) is 32.1 Å². The van der Waals surface area contributed by atoms with Crippen molar-refractivity contribution in [2.45, 2.75) is 57.7 Å². The van der Waals surface area contributed by atoms with Gasteiger partial charge < -0.3 is 24.9 Å². The van der Waals surface area contributed by atoms with Crippen LogP contribution in [0.2, 0.25) is 0 Å². The van der Waals surface area contributed by atoms with Crippen LogP contribution in [0.5, 0.6) is 0 Å². The largest absolute Gasteiger partial charge is 0.472 e. The minimum absolute atomic E-state index is 0.0295. The zero-order chi connectivity index (χ0) is 25.5. The molecule has 0 fully saturated rings. The second-order valence-corrected chi connectivity index (χ2v) is 8.60. The molecule has 0 rings (SSSR count). The van der Waals surface area contributed by atoms with E-state index in [0.29, 0.717) is 6.42 Å². The number of carbonyl (C=O) groups excluding carboxylic acids is 1. The fourth-order valence-electron chi connectivity index (χ4n) is 2.18. The molecule has 0 spiro atoms. The van der Waals surface area contributed by atoms with Crippen molar-refractivity contribution >= 4 is 13.8 Å². The molecule has 0 aromatic carbocycles.